The fraction of sp³-hybridized carbons (Fsp3) is 0.250. The van der Waals surface area contributed by atoms with Gasteiger partial charge in [-0.25, -0.2) is 4.99 Å². The molecule has 0 spiro atoms. The highest BCUT2D eigenvalue weighted by molar-refractivity contribution is 6.03. The summed E-state index contributed by atoms with van der Waals surface area (Å²) in [5.41, 5.74) is 5.49. The molecule has 1 atom stereocenters. The van der Waals surface area contributed by atoms with E-state index in [4.69, 9.17) is 9.72 Å². The Morgan fingerprint density at radius 3 is 2.74 bits per heavy atom. The first kappa shape index (κ1) is 20.7. The van der Waals surface area contributed by atoms with Crippen molar-refractivity contribution in [1.29, 1.82) is 0 Å². The molecule has 0 radical (unpaired) electrons. The van der Waals surface area contributed by atoms with E-state index in [1.807, 2.05) is 49.4 Å². The molecular formula is C24H24N4O3. The van der Waals surface area contributed by atoms with E-state index in [0.29, 0.717) is 29.5 Å². The summed E-state index contributed by atoms with van der Waals surface area (Å²) >= 11 is 0. The minimum absolute atomic E-state index is 0.0988. The van der Waals surface area contributed by atoms with Gasteiger partial charge in [-0.3, -0.25) is 14.8 Å². The third-order valence-corrected chi connectivity index (χ3v) is 5.23. The van der Waals surface area contributed by atoms with E-state index >= 15 is 0 Å². The number of hydrogen-bond donors (Lipinski definition) is 2. The fourth-order valence-electron chi connectivity index (χ4n) is 3.72. The normalized spacial score (nSPS) is 13.3. The Morgan fingerprint density at radius 2 is 2.00 bits per heavy atom. The molecule has 1 aromatic carbocycles. The van der Waals surface area contributed by atoms with Gasteiger partial charge in [-0.2, -0.15) is 0 Å². The van der Waals surface area contributed by atoms with Crippen molar-refractivity contribution in [3.8, 4) is 11.3 Å². The summed E-state index contributed by atoms with van der Waals surface area (Å²) in [5.74, 6) is 0.417. The molecule has 3 aromatic rings. The molecule has 3 heterocycles. The van der Waals surface area contributed by atoms with Crippen LogP contribution in [0.1, 0.15) is 41.0 Å². The second kappa shape index (κ2) is 9.06. The Morgan fingerprint density at radius 1 is 1.19 bits per heavy atom. The summed E-state index contributed by atoms with van der Waals surface area (Å²) in [4.78, 5) is 26.1. The number of pyridine rings is 2. The predicted molar refractivity (Wildman–Crippen MR) is 117 cm³/mol. The zero-order valence-electron chi connectivity index (χ0n) is 17.5. The Balaban J connectivity index is 1.63. The van der Waals surface area contributed by atoms with Gasteiger partial charge in [0.2, 0.25) is 11.8 Å². The molecule has 1 amide bonds. The minimum Gasteiger partial charge on any atom is -0.481 e. The lowest BCUT2D eigenvalue weighted by Gasteiger charge is -2.15. The Hall–Kier alpha value is -3.58. The fourth-order valence-corrected chi connectivity index (χ4v) is 3.72. The van der Waals surface area contributed by atoms with Gasteiger partial charge in [-0.15, -0.1) is 0 Å². The van der Waals surface area contributed by atoms with Gasteiger partial charge in [0.15, 0.2) is 0 Å². The number of carbonyl (C=O) groups excluding carboxylic acids is 1. The molecule has 2 N–H and O–H groups in total. The number of nitrogens with one attached hydrogen (secondary N) is 1. The maximum absolute atomic E-state index is 12.7. The van der Waals surface area contributed by atoms with E-state index in [-0.39, 0.29) is 25.0 Å². The number of aliphatic imine (C=N–C) groups is 1. The molecule has 0 saturated carbocycles. The molecule has 0 aliphatic carbocycles. The van der Waals surface area contributed by atoms with Crippen LogP contribution in [-0.2, 0) is 29.1 Å². The Kier molecular flexibility index (Phi) is 6.04. The van der Waals surface area contributed by atoms with Crippen LogP contribution in [0.3, 0.4) is 0 Å². The van der Waals surface area contributed by atoms with Crippen molar-refractivity contribution in [3.05, 3.63) is 82.8 Å². The summed E-state index contributed by atoms with van der Waals surface area (Å²) in [7, 11) is 1.58. The van der Waals surface area contributed by atoms with E-state index in [1.54, 1.807) is 19.4 Å². The monoisotopic (exact) mass is 416 g/mol. The third-order valence-electron chi connectivity index (χ3n) is 5.23. The molecule has 1 aliphatic rings. The number of aliphatic hydroxyl groups is 1. The number of methoxy groups -OCH3 is 1. The van der Waals surface area contributed by atoms with Gasteiger partial charge in [-0.05, 0) is 36.2 Å². The van der Waals surface area contributed by atoms with Crippen LogP contribution in [0.5, 0.6) is 0 Å². The van der Waals surface area contributed by atoms with Gasteiger partial charge in [-0.1, -0.05) is 30.3 Å². The number of amides is 1. The van der Waals surface area contributed by atoms with Crippen LogP contribution in [0.15, 0.2) is 59.7 Å². The second-order valence-electron chi connectivity index (χ2n) is 7.39. The van der Waals surface area contributed by atoms with Crippen LogP contribution in [-0.4, -0.2) is 34.0 Å². The molecule has 0 fully saturated rings. The first-order valence-corrected chi connectivity index (χ1v) is 10.1. The number of aliphatic hydroxyl groups excluding tert-OH is 1. The first-order valence-electron chi connectivity index (χ1n) is 10.1. The van der Waals surface area contributed by atoms with Gasteiger partial charge in [0.25, 0.3) is 0 Å². The van der Waals surface area contributed by atoms with Crippen LogP contribution in [0.4, 0.5) is 0 Å². The van der Waals surface area contributed by atoms with Crippen LogP contribution in [0, 0.1) is 0 Å². The number of hydrogen-bond acceptors (Lipinski definition) is 6. The summed E-state index contributed by atoms with van der Waals surface area (Å²) in [5, 5.41) is 12.5. The standard InChI is InChI=1S/C24H24N4O3/c1-15(16-6-4-3-5-7-16)27-21(30)12-19-11-18-13-26-24(31-2)22(18)23(28-19)17-8-9-25-20(10-17)14-29/h3-11,15,29H,12-14H2,1-2H3,(H,27,30)/t15-/m1/s1. The maximum atomic E-state index is 12.7. The number of fused-ring (bicyclic) bond motifs is 1. The lowest BCUT2D eigenvalue weighted by molar-refractivity contribution is -0.121. The van der Waals surface area contributed by atoms with Gasteiger partial charge >= 0.3 is 0 Å². The highest BCUT2D eigenvalue weighted by Gasteiger charge is 2.25. The molecule has 0 bridgehead atoms. The smallest absolute Gasteiger partial charge is 0.226 e. The number of ether oxygens (including phenoxy) is 1. The van der Waals surface area contributed by atoms with E-state index in [9.17, 15) is 9.90 Å². The van der Waals surface area contributed by atoms with Crippen molar-refractivity contribution in [2.24, 2.45) is 4.99 Å². The topological polar surface area (TPSA) is 96.7 Å². The lowest BCUT2D eigenvalue weighted by Crippen LogP contribution is -2.28. The number of nitrogens with zero attached hydrogens (tertiary/aromatic N) is 3. The Bertz CT molecular complexity index is 1130. The number of benzene rings is 1. The van der Waals surface area contributed by atoms with Crippen molar-refractivity contribution in [2.45, 2.75) is 32.5 Å². The van der Waals surface area contributed by atoms with Gasteiger partial charge in [0.1, 0.15) is 0 Å². The number of rotatable bonds is 6. The molecule has 0 saturated heterocycles. The molecule has 1 aliphatic heterocycles. The van der Waals surface area contributed by atoms with E-state index in [0.717, 1.165) is 22.3 Å². The molecule has 158 valence electrons. The quantitative estimate of drug-likeness (QED) is 0.644. The SMILES string of the molecule is COC1=NCc2cc(CC(=O)N[C@H](C)c3ccccc3)nc(-c3ccnc(CO)c3)c21. The third kappa shape index (κ3) is 4.46. The molecule has 4 rings (SSSR count). The predicted octanol–water partition coefficient (Wildman–Crippen LogP) is 2.96. The van der Waals surface area contributed by atoms with E-state index in [1.165, 1.54) is 0 Å². The van der Waals surface area contributed by atoms with Crippen molar-refractivity contribution >= 4 is 11.8 Å². The maximum Gasteiger partial charge on any atom is 0.226 e. The molecule has 2 aromatic heterocycles. The lowest BCUT2D eigenvalue weighted by atomic mass is 10.0. The Labute approximate surface area is 180 Å². The van der Waals surface area contributed by atoms with Crippen molar-refractivity contribution < 1.29 is 14.6 Å². The zero-order chi connectivity index (χ0) is 21.8. The van der Waals surface area contributed by atoms with E-state index in [2.05, 4.69) is 15.3 Å². The second-order valence-corrected chi connectivity index (χ2v) is 7.39. The van der Waals surface area contributed by atoms with Crippen LogP contribution < -0.4 is 5.32 Å². The first-order chi connectivity index (χ1) is 15.1. The number of aromatic nitrogens is 2. The molecule has 31 heavy (non-hydrogen) atoms. The van der Waals surface area contributed by atoms with Gasteiger partial charge in [0.05, 0.1) is 55.4 Å². The van der Waals surface area contributed by atoms with Gasteiger partial charge < -0.3 is 15.2 Å². The average molecular weight is 416 g/mol. The van der Waals surface area contributed by atoms with Crippen molar-refractivity contribution in [2.75, 3.05) is 7.11 Å². The average Bonchev–Trinajstić information content (AvgIpc) is 3.22. The van der Waals surface area contributed by atoms with Crippen LogP contribution in [0.2, 0.25) is 0 Å². The highest BCUT2D eigenvalue weighted by atomic mass is 16.5. The van der Waals surface area contributed by atoms with Gasteiger partial charge in [0, 0.05) is 11.8 Å². The van der Waals surface area contributed by atoms with E-state index < -0.39 is 0 Å². The summed E-state index contributed by atoms with van der Waals surface area (Å²) < 4.78 is 5.44. The highest BCUT2D eigenvalue weighted by Crippen LogP contribution is 2.31. The largest absolute Gasteiger partial charge is 0.481 e. The molecule has 7 nitrogen and oxygen atoms in total. The summed E-state index contributed by atoms with van der Waals surface area (Å²) in [6.07, 6.45) is 1.78. The summed E-state index contributed by atoms with van der Waals surface area (Å²) in [6, 6.07) is 15.3. The zero-order valence-corrected chi connectivity index (χ0v) is 17.5. The van der Waals surface area contributed by atoms with Crippen LogP contribution >= 0.6 is 0 Å². The van der Waals surface area contributed by atoms with Crippen LogP contribution in [0.25, 0.3) is 11.3 Å². The van der Waals surface area contributed by atoms with Crippen molar-refractivity contribution in [3.63, 3.8) is 0 Å². The van der Waals surface area contributed by atoms with Crippen molar-refractivity contribution in [1.82, 2.24) is 15.3 Å². The molecule has 0 unspecified atom stereocenters. The molecular weight excluding hydrogens is 392 g/mol. The molecule has 7 heteroatoms. The summed E-state index contributed by atoms with van der Waals surface area (Å²) in [6.45, 7) is 2.27. The minimum atomic E-state index is -0.166. The number of carbonyl (C=O) groups is 1.